The van der Waals surface area contributed by atoms with Crippen molar-refractivity contribution in [1.82, 2.24) is 0 Å². The van der Waals surface area contributed by atoms with E-state index in [1.807, 2.05) is 0 Å². The second-order valence-corrected chi connectivity index (χ2v) is 2.87. The summed E-state index contributed by atoms with van der Waals surface area (Å²) < 4.78 is 10.00. The van der Waals surface area contributed by atoms with Crippen molar-refractivity contribution in [1.29, 1.82) is 0 Å². The lowest BCUT2D eigenvalue weighted by atomic mass is 10.0. The van der Waals surface area contributed by atoms with Gasteiger partial charge in [0.25, 0.3) is 0 Å². The predicted molar refractivity (Wildman–Crippen MR) is 48.9 cm³/mol. The van der Waals surface area contributed by atoms with Crippen LogP contribution < -0.4 is 5.73 Å². The minimum Gasteiger partial charge on any atom is -0.481 e. The number of carboxylic acids is 1. The number of ether oxygens (including phenoxy) is 1. The first kappa shape index (κ1) is 10.7. The summed E-state index contributed by atoms with van der Waals surface area (Å²) in [6.45, 7) is 0.342. The number of hydrogen-bond donors (Lipinski definition) is 2. The number of hydrogen-bond acceptors (Lipinski definition) is 4. The zero-order chi connectivity index (χ0) is 10.6. The van der Waals surface area contributed by atoms with E-state index in [1.54, 1.807) is 6.07 Å². The van der Waals surface area contributed by atoms with E-state index in [-0.39, 0.29) is 6.54 Å². The molecule has 1 heterocycles. The molecule has 5 nitrogen and oxygen atoms in total. The molecule has 0 fully saturated rings. The molecule has 0 saturated heterocycles. The Labute approximate surface area is 81.5 Å². The summed E-state index contributed by atoms with van der Waals surface area (Å²) in [5.41, 5.74) is 6.08. The van der Waals surface area contributed by atoms with Crippen molar-refractivity contribution >= 4 is 5.97 Å². The Morgan fingerprint density at radius 2 is 2.50 bits per heavy atom. The second kappa shape index (κ2) is 4.78. The third-order valence-electron chi connectivity index (χ3n) is 1.93. The van der Waals surface area contributed by atoms with Gasteiger partial charge in [-0.3, -0.25) is 4.79 Å². The normalized spacial score (nSPS) is 12.7. The van der Waals surface area contributed by atoms with Gasteiger partial charge >= 0.3 is 5.97 Å². The van der Waals surface area contributed by atoms with E-state index in [1.165, 1.54) is 13.4 Å². The third kappa shape index (κ3) is 2.12. The molecular weight excluding hydrogens is 186 g/mol. The Hall–Kier alpha value is -1.33. The highest BCUT2D eigenvalue weighted by Crippen LogP contribution is 2.21. The molecule has 5 heteroatoms. The van der Waals surface area contributed by atoms with Gasteiger partial charge in [-0.2, -0.15) is 0 Å². The molecule has 0 aliphatic rings. The number of aliphatic carboxylic acids is 1. The zero-order valence-corrected chi connectivity index (χ0v) is 7.90. The SMILES string of the molecule is COCc1ccoc1C(CN)C(=O)O. The molecule has 0 aromatic carbocycles. The van der Waals surface area contributed by atoms with E-state index in [2.05, 4.69) is 0 Å². The summed E-state index contributed by atoms with van der Waals surface area (Å²) in [5, 5.41) is 8.86. The van der Waals surface area contributed by atoms with E-state index in [9.17, 15) is 4.79 Å². The van der Waals surface area contributed by atoms with Crippen molar-refractivity contribution in [3.63, 3.8) is 0 Å². The smallest absolute Gasteiger partial charge is 0.315 e. The highest BCUT2D eigenvalue weighted by atomic mass is 16.5. The molecule has 3 N–H and O–H groups in total. The highest BCUT2D eigenvalue weighted by molar-refractivity contribution is 5.75. The first-order valence-electron chi connectivity index (χ1n) is 4.18. The molecule has 0 bridgehead atoms. The summed E-state index contributed by atoms with van der Waals surface area (Å²) in [5.74, 6) is -1.41. The summed E-state index contributed by atoms with van der Waals surface area (Å²) in [6.07, 6.45) is 1.44. The highest BCUT2D eigenvalue weighted by Gasteiger charge is 2.24. The van der Waals surface area contributed by atoms with Gasteiger partial charge in [0.15, 0.2) is 0 Å². The number of carboxylic acid groups (broad SMARTS) is 1. The van der Waals surface area contributed by atoms with Crippen LogP contribution in [0.2, 0.25) is 0 Å². The third-order valence-corrected chi connectivity index (χ3v) is 1.93. The lowest BCUT2D eigenvalue weighted by molar-refractivity contribution is -0.138. The molecular formula is C9H13NO4. The Morgan fingerprint density at radius 1 is 1.79 bits per heavy atom. The van der Waals surface area contributed by atoms with Gasteiger partial charge in [0.1, 0.15) is 11.7 Å². The van der Waals surface area contributed by atoms with Gasteiger partial charge in [-0.1, -0.05) is 0 Å². The topological polar surface area (TPSA) is 85.7 Å². The maximum Gasteiger partial charge on any atom is 0.315 e. The van der Waals surface area contributed by atoms with Crippen LogP contribution in [0.4, 0.5) is 0 Å². The fourth-order valence-electron chi connectivity index (χ4n) is 1.25. The van der Waals surface area contributed by atoms with Gasteiger partial charge in [0.05, 0.1) is 12.9 Å². The van der Waals surface area contributed by atoms with Crippen LogP contribution in [0.5, 0.6) is 0 Å². The molecule has 1 atom stereocenters. The van der Waals surface area contributed by atoms with E-state index in [0.29, 0.717) is 12.4 Å². The molecule has 14 heavy (non-hydrogen) atoms. The van der Waals surface area contributed by atoms with Crippen LogP contribution in [0.15, 0.2) is 16.7 Å². The fraction of sp³-hybridized carbons (Fsp3) is 0.444. The largest absolute Gasteiger partial charge is 0.481 e. The molecule has 0 aliphatic carbocycles. The van der Waals surface area contributed by atoms with Crippen molar-refractivity contribution in [2.45, 2.75) is 12.5 Å². The Balaban J connectivity index is 2.91. The Bertz CT molecular complexity index is 308. The monoisotopic (exact) mass is 199 g/mol. The van der Waals surface area contributed by atoms with Gasteiger partial charge in [-0.15, -0.1) is 0 Å². The molecule has 1 unspecified atom stereocenters. The van der Waals surface area contributed by atoms with Crippen LogP contribution in [-0.4, -0.2) is 24.7 Å². The summed E-state index contributed by atoms with van der Waals surface area (Å²) in [7, 11) is 1.54. The number of carbonyl (C=O) groups is 1. The van der Waals surface area contributed by atoms with Gasteiger partial charge < -0.3 is 20.0 Å². The van der Waals surface area contributed by atoms with E-state index in [0.717, 1.165) is 5.56 Å². The van der Waals surface area contributed by atoms with Crippen molar-refractivity contribution in [2.24, 2.45) is 5.73 Å². The van der Waals surface area contributed by atoms with Crippen molar-refractivity contribution in [3.05, 3.63) is 23.7 Å². The van der Waals surface area contributed by atoms with E-state index < -0.39 is 11.9 Å². The Kier molecular flexibility index (Phi) is 3.67. The van der Waals surface area contributed by atoms with Crippen LogP contribution >= 0.6 is 0 Å². The lowest BCUT2D eigenvalue weighted by Gasteiger charge is -2.08. The zero-order valence-electron chi connectivity index (χ0n) is 7.90. The van der Waals surface area contributed by atoms with Crippen LogP contribution in [0.3, 0.4) is 0 Å². The van der Waals surface area contributed by atoms with Crippen molar-refractivity contribution in [3.8, 4) is 0 Å². The molecule has 0 saturated carbocycles. The molecule has 1 rings (SSSR count). The summed E-state index contributed by atoms with van der Waals surface area (Å²) in [6, 6.07) is 1.68. The molecule has 1 aromatic rings. The summed E-state index contributed by atoms with van der Waals surface area (Å²) >= 11 is 0. The minimum atomic E-state index is -0.986. The van der Waals surface area contributed by atoms with Gasteiger partial charge in [0, 0.05) is 19.2 Å². The lowest BCUT2D eigenvalue weighted by Crippen LogP contribution is -2.21. The number of rotatable bonds is 5. The standard InChI is InChI=1S/C9H13NO4/c1-13-5-6-2-3-14-8(6)7(4-10)9(11)12/h2-3,7H,4-5,10H2,1H3,(H,11,12). The second-order valence-electron chi connectivity index (χ2n) is 2.87. The average molecular weight is 199 g/mol. The predicted octanol–water partition coefficient (Wildman–Crippen LogP) is 0.553. The quantitative estimate of drug-likeness (QED) is 0.723. The molecule has 78 valence electrons. The van der Waals surface area contributed by atoms with Gasteiger partial charge in [-0.05, 0) is 6.07 Å². The van der Waals surface area contributed by atoms with Crippen molar-refractivity contribution < 1.29 is 19.1 Å². The van der Waals surface area contributed by atoms with Crippen molar-refractivity contribution in [2.75, 3.05) is 13.7 Å². The maximum absolute atomic E-state index is 10.8. The molecule has 0 amide bonds. The van der Waals surface area contributed by atoms with Crippen LogP contribution in [0, 0.1) is 0 Å². The number of nitrogens with two attached hydrogens (primary N) is 1. The van der Waals surface area contributed by atoms with Gasteiger partial charge in [-0.25, -0.2) is 0 Å². The fourth-order valence-corrected chi connectivity index (χ4v) is 1.25. The summed E-state index contributed by atoms with van der Waals surface area (Å²) in [4.78, 5) is 10.8. The van der Waals surface area contributed by atoms with Gasteiger partial charge in [0.2, 0.25) is 0 Å². The van der Waals surface area contributed by atoms with Crippen LogP contribution in [0.25, 0.3) is 0 Å². The molecule has 0 spiro atoms. The average Bonchev–Trinajstić information content (AvgIpc) is 2.55. The first-order valence-corrected chi connectivity index (χ1v) is 4.18. The van der Waals surface area contributed by atoms with Crippen LogP contribution in [-0.2, 0) is 16.1 Å². The first-order chi connectivity index (χ1) is 6.70. The molecule has 1 aromatic heterocycles. The molecule has 0 radical (unpaired) electrons. The number of furan rings is 1. The maximum atomic E-state index is 10.8. The molecule has 0 aliphatic heterocycles. The van der Waals surface area contributed by atoms with E-state index >= 15 is 0 Å². The van der Waals surface area contributed by atoms with Crippen LogP contribution in [0.1, 0.15) is 17.2 Å². The minimum absolute atomic E-state index is 0.0135. The number of methoxy groups -OCH3 is 1. The Morgan fingerprint density at radius 3 is 3.00 bits per heavy atom. The van der Waals surface area contributed by atoms with E-state index in [4.69, 9.17) is 20.0 Å².